The van der Waals surface area contributed by atoms with Crippen LogP contribution in [0, 0.1) is 5.92 Å². The van der Waals surface area contributed by atoms with Gasteiger partial charge < -0.3 is 5.11 Å². The zero-order chi connectivity index (χ0) is 8.55. The van der Waals surface area contributed by atoms with Gasteiger partial charge in [-0.25, -0.2) is 0 Å². The number of rotatable bonds is 0. The summed E-state index contributed by atoms with van der Waals surface area (Å²) in [4.78, 5) is 0. The van der Waals surface area contributed by atoms with Gasteiger partial charge in [-0.15, -0.1) is 0 Å². The van der Waals surface area contributed by atoms with Gasteiger partial charge in [-0.05, 0) is 29.9 Å². The molecule has 1 heteroatoms. The lowest BCUT2D eigenvalue weighted by Gasteiger charge is -2.02. The normalized spacial score (nSPS) is 33.8. The number of hydrogen-bond acceptors (Lipinski definition) is 1. The predicted molar refractivity (Wildman–Crippen MR) is 49.7 cm³/mol. The van der Waals surface area contributed by atoms with Gasteiger partial charge in [-0.2, -0.15) is 0 Å². The standard InChI is InChI=1S/C11H14O/c1-8-2-4-9-5-7-11(12)10(9)6-3-8/h2-4,6,8,11-12H,5,7H2,1H3/t8?,11-/m1/s1. The first kappa shape index (κ1) is 7.81. The van der Waals surface area contributed by atoms with Crippen LogP contribution < -0.4 is 0 Å². The monoisotopic (exact) mass is 162 g/mol. The van der Waals surface area contributed by atoms with E-state index in [1.54, 1.807) is 0 Å². The average Bonchev–Trinajstić information content (AvgIpc) is 2.28. The molecule has 1 unspecified atom stereocenters. The maximum atomic E-state index is 9.59. The second-order valence-corrected chi connectivity index (χ2v) is 3.61. The molecule has 64 valence electrons. The molecule has 0 amide bonds. The number of aliphatic hydroxyl groups is 1. The summed E-state index contributed by atoms with van der Waals surface area (Å²) in [6.45, 7) is 2.15. The second-order valence-electron chi connectivity index (χ2n) is 3.61. The van der Waals surface area contributed by atoms with E-state index < -0.39 is 0 Å². The molecule has 0 saturated heterocycles. The number of aliphatic hydroxyl groups excluding tert-OH is 1. The molecule has 0 bridgehead atoms. The Kier molecular flexibility index (Phi) is 1.89. The predicted octanol–water partition coefficient (Wildman–Crippen LogP) is 2.20. The van der Waals surface area contributed by atoms with E-state index in [2.05, 4.69) is 31.2 Å². The van der Waals surface area contributed by atoms with E-state index >= 15 is 0 Å². The highest BCUT2D eigenvalue weighted by Crippen LogP contribution is 2.30. The molecule has 0 spiro atoms. The zero-order valence-electron chi connectivity index (χ0n) is 7.33. The van der Waals surface area contributed by atoms with E-state index in [-0.39, 0.29) is 6.10 Å². The van der Waals surface area contributed by atoms with Crippen LogP contribution >= 0.6 is 0 Å². The van der Waals surface area contributed by atoms with Crippen LogP contribution in [0.3, 0.4) is 0 Å². The van der Waals surface area contributed by atoms with E-state index in [0.717, 1.165) is 18.4 Å². The van der Waals surface area contributed by atoms with Crippen molar-refractivity contribution >= 4 is 0 Å². The minimum Gasteiger partial charge on any atom is -0.388 e. The van der Waals surface area contributed by atoms with Crippen LogP contribution in [0.1, 0.15) is 19.8 Å². The maximum absolute atomic E-state index is 9.59. The molecule has 1 nitrogen and oxygen atoms in total. The van der Waals surface area contributed by atoms with Gasteiger partial charge in [-0.3, -0.25) is 0 Å². The van der Waals surface area contributed by atoms with Gasteiger partial charge in [0.25, 0.3) is 0 Å². The average molecular weight is 162 g/mol. The SMILES string of the molecule is CC1C=CC2=C(C=C1)[C@H](O)CC2. The van der Waals surface area contributed by atoms with Gasteiger partial charge in [0, 0.05) is 0 Å². The van der Waals surface area contributed by atoms with E-state index in [4.69, 9.17) is 0 Å². The van der Waals surface area contributed by atoms with E-state index in [1.807, 2.05) is 0 Å². The van der Waals surface area contributed by atoms with Crippen LogP contribution in [-0.4, -0.2) is 11.2 Å². The first-order chi connectivity index (χ1) is 5.77. The fourth-order valence-corrected chi connectivity index (χ4v) is 1.79. The lowest BCUT2D eigenvalue weighted by Crippen LogP contribution is -2.02. The molecule has 0 aromatic carbocycles. The smallest absolute Gasteiger partial charge is 0.0795 e. The quantitative estimate of drug-likeness (QED) is 0.579. The summed E-state index contributed by atoms with van der Waals surface area (Å²) in [5.41, 5.74) is 2.46. The molecule has 0 aliphatic heterocycles. The minimum absolute atomic E-state index is 0.216. The Bertz CT molecular complexity index is 271. The summed E-state index contributed by atoms with van der Waals surface area (Å²) in [5.74, 6) is 0.503. The Morgan fingerprint density at radius 3 is 2.92 bits per heavy atom. The highest BCUT2D eigenvalue weighted by atomic mass is 16.3. The minimum atomic E-state index is -0.216. The Labute approximate surface area is 73.1 Å². The fraction of sp³-hybridized carbons (Fsp3) is 0.455. The molecule has 2 rings (SSSR count). The van der Waals surface area contributed by atoms with Gasteiger partial charge in [0.05, 0.1) is 6.10 Å². The lowest BCUT2D eigenvalue weighted by molar-refractivity contribution is 0.215. The summed E-state index contributed by atoms with van der Waals surface area (Å²) < 4.78 is 0. The maximum Gasteiger partial charge on any atom is 0.0795 e. The van der Waals surface area contributed by atoms with Gasteiger partial charge >= 0.3 is 0 Å². The van der Waals surface area contributed by atoms with Crippen molar-refractivity contribution in [2.45, 2.75) is 25.9 Å². The molecule has 2 aliphatic rings. The molecular weight excluding hydrogens is 148 g/mol. The van der Waals surface area contributed by atoms with Crippen molar-refractivity contribution in [3.8, 4) is 0 Å². The molecule has 0 heterocycles. The van der Waals surface area contributed by atoms with Crippen molar-refractivity contribution in [2.75, 3.05) is 0 Å². The van der Waals surface area contributed by atoms with E-state index in [0.29, 0.717) is 5.92 Å². The van der Waals surface area contributed by atoms with Crippen molar-refractivity contribution in [2.24, 2.45) is 5.92 Å². The van der Waals surface area contributed by atoms with Crippen LogP contribution in [-0.2, 0) is 0 Å². The molecule has 0 aromatic heterocycles. The molecular formula is C11H14O. The van der Waals surface area contributed by atoms with Crippen molar-refractivity contribution in [1.82, 2.24) is 0 Å². The molecule has 0 radical (unpaired) electrons. The summed E-state index contributed by atoms with van der Waals surface area (Å²) in [6, 6.07) is 0. The first-order valence-corrected chi connectivity index (χ1v) is 4.55. The van der Waals surface area contributed by atoms with Gasteiger partial charge in [0.15, 0.2) is 0 Å². The van der Waals surface area contributed by atoms with Crippen LogP contribution in [0.4, 0.5) is 0 Å². The molecule has 1 N–H and O–H groups in total. The fourth-order valence-electron chi connectivity index (χ4n) is 1.79. The van der Waals surface area contributed by atoms with Gasteiger partial charge in [0.2, 0.25) is 0 Å². The Hall–Kier alpha value is -0.820. The van der Waals surface area contributed by atoms with Gasteiger partial charge in [-0.1, -0.05) is 31.2 Å². The molecule has 0 saturated carbocycles. The van der Waals surface area contributed by atoms with Crippen LogP contribution in [0.5, 0.6) is 0 Å². The summed E-state index contributed by atoms with van der Waals surface area (Å²) in [7, 11) is 0. The van der Waals surface area contributed by atoms with Gasteiger partial charge in [0.1, 0.15) is 0 Å². The van der Waals surface area contributed by atoms with Crippen molar-refractivity contribution < 1.29 is 5.11 Å². The molecule has 2 atom stereocenters. The number of allylic oxidation sites excluding steroid dienone is 4. The van der Waals surface area contributed by atoms with Crippen molar-refractivity contribution in [3.63, 3.8) is 0 Å². The Balaban J connectivity index is 2.33. The van der Waals surface area contributed by atoms with Crippen LogP contribution in [0.2, 0.25) is 0 Å². The van der Waals surface area contributed by atoms with E-state index in [9.17, 15) is 5.11 Å². The zero-order valence-corrected chi connectivity index (χ0v) is 7.33. The highest BCUT2D eigenvalue weighted by Gasteiger charge is 2.20. The second kappa shape index (κ2) is 2.91. The molecule has 0 fully saturated rings. The van der Waals surface area contributed by atoms with E-state index in [1.165, 1.54) is 5.57 Å². The highest BCUT2D eigenvalue weighted by molar-refractivity contribution is 5.42. The van der Waals surface area contributed by atoms with Crippen LogP contribution in [0.25, 0.3) is 0 Å². The Morgan fingerprint density at radius 2 is 2.08 bits per heavy atom. The Morgan fingerprint density at radius 1 is 1.33 bits per heavy atom. The van der Waals surface area contributed by atoms with Crippen molar-refractivity contribution in [1.29, 1.82) is 0 Å². The van der Waals surface area contributed by atoms with Crippen molar-refractivity contribution in [3.05, 3.63) is 35.5 Å². The molecule has 2 aliphatic carbocycles. The summed E-state index contributed by atoms with van der Waals surface area (Å²) in [5, 5.41) is 9.59. The third kappa shape index (κ3) is 1.25. The third-order valence-electron chi connectivity index (χ3n) is 2.60. The van der Waals surface area contributed by atoms with Crippen LogP contribution in [0.15, 0.2) is 35.5 Å². The largest absolute Gasteiger partial charge is 0.388 e. The summed E-state index contributed by atoms with van der Waals surface area (Å²) in [6.07, 6.45) is 10.3. The number of hydrogen-bond donors (Lipinski definition) is 1. The third-order valence-corrected chi connectivity index (χ3v) is 2.60. The molecule has 0 aromatic rings. The first-order valence-electron chi connectivity index (χ1n) is 4.55. The summed E-state index contributed by atoms with van der Waals surface area (Å²) >= 11 is 0. The lowest BCUT2D eigenvalue weighted by atomic mass is 10.1. The topological polar surface area (TPSA) is 20.2 Å². The molecule has 12 heavy (non-hydrogen) atoms.